The Balaban J connectivity index is 0.000000162. The molecule has 0 radical (unpaired) electrons. The first-order chi connectivity index (χ1) is 43.1. The third-order valence-corrected chi connectivity index (χ3v) is 21.1. The van der Waals surface area contributed by atoms with E-state index in [9.17, 15) is 33.7 Å². The standard InChI is InChI=1S/C26H22O6S2.C26H22O4S.C20H18O4S/c1-19-3-11-23(12-4-19)33(27,28)25-15-7-21(8-16-25)32-22-9-17-26(18-10-22)34(29,30)24-13-5-20(31-2)6-14-24;1-19-3-5-20(6-4-19)21-7-9-23(10-8-21)30-24-13-17-26(18-14-24)31(27,28)25-15-11-22(29-2)12-16-25;1-15-3-5-17(6-4-15)24-18-9-13-20(14-10-18)25(21,22)19-11-7-16(23-2)8-12-19/h3-18H,1-2H3;3-18H,1-2H3;3-14H,1-2H3. The lowest BCUT2D eigenvalue weighted by Gasteiger charge is -2.09. The van der Waals surface area contributed by atoms with Crippen LogP contribution in [0.25, 0.3) is 11.1 Å². The summed E-state index contributed by atoms with van der Waals surface area (Å²) in [4.78, 5) is 1.53. The van der Waals surface area contributed by atoms with Gasteiger partial charge >= 0.3 is 0 Å². The van der Waals surface area contributed by atoms with Gasteiger partial charge in [-0.2, -0.15) is 0 Å². The molecular weight excluding hydrogens is 1220 g/mol. The molecule has 11 aromatic carbocycles. The zero-order valence-electron chi connectivity index (χ0n) is 49.8. The van der Waals surface area contributed by atoms with Gasteiger partial charge in [-0.05, 0) is 238 Å². The molecule has 0 heterocycles. The molecule has 11 aromatic rings. The van der Waals surface area contributed by atoms with Crippen molar-refractivity contribution in [1.29, 1.82) is 0 Å². The highest BCUT2D eigenvalue weighted by Gasteiger charge is 2.22. The Morgan fingerprint density at radius 3 is 0.522 bits per heavy atom. The largest absolute Gasteiger partial charge is 0.497 e. The van der Waals surface area contributed by atoms with Crippen LogP contribution >= 0.6 is 0 Å². The molecule has 11 rings (SSSR count). The van der Waals surface area contributed by atoms with Crippen molar-refractivity contribution in [3.63, 3.8) is 0 Å². The van der Waals surface area contributed by atoms with E-state index in [0.717, 1.165) is 22.3 Å². The Labute approximate surface area is 525 Å². The molecule has 0 N–H and O–H groups in total. The van der Waals surface area contributed by atoms with Crippen molar-refractivity contribution in [3.8, 4) is 62.9 Å². The summed E-state index contributed by atoms with van der Waals surface area (Å²) >= 11 is 0. The van der Waals surface area contributed by atoms with Crippen molar-refractivity contribution in [1.82, 2.24) is 0 Å². The average molecular weight is 1280 g/mol. The van der Waals surface area contributed by atoms with Crippen molar-refractivity contribution in [3.05, 3.63) is 284 Å². The maximum absolute atomic E-state index is 12.8. The lowest BCUT2D eigenvalue weighted by Crippen LogP contribution is -2.02. The van der Waals surface area contributed by atoms with E-state index in [4.69, 9.17) is 28.4 Å². The number of sulfone groups is 4. The van der Waals surface area contributed by atoms with Gasteiger partial charge in [-0.1, -0.05) is 77.4 Å². The van der Waals surface area contributed by atoms with Crippen molar-refractivity contribution >= 4 is 39.3 Å². The molecule has 0 saturated heterocycles. The van der Waals surface area contributed by atoms with Crippen molar-refractivity contribution in [2.75, 3.05) is 21.3 Å². The van der Waals surface area contributed by atoms with Gasteiger partial charge in [0.15, 0.2) is 0 Å². The average Bonchev–Trinajstić information content (AvgIpc) is 1.64. The molecule has 0 aliphatic heterocycles. The molecule has 0 unspecified atom stereocenters. The fourth-order valence-electron chi connectivity index (χ4n) is 8.75. The first kappa shape index (κ1) is 64.5. The molecule has 458 valence electrons. The highest BCUT2D eigenvalue weighted by Crippen LogP contribution is 2.33. The Bertz CT molecular complexity index is 4650. The van der Waals surface area contributed by atoms with Crippen LogP contribution in [0.2, 0.25) is 0 Å². The molecule has 0 aromatic heterocycles. The molecule has 0 spiro atoms. The van der Waals surface area contributed by atoms with Crippen LogP contribution in [0.1, 0.15) is 16.7 Å². The molecular formula is C72H62O14S4. The van der Waals surface area contributed by atoms with Gasteiger partial charge in [0.2, 0.25) is 39.3 Å². The monoisotopic (exact) mass is 1280 g/mol. The van der Waals surface area contributed by atoms with Gasteiger partial charge in [0, 0.05) is 0 Å². The van der Waals surface area contributed by atoms with E-state index in [-0.39, 0.29) is 39.2 Å². The van der Waals surface area contributed by atoms with Crippen LogP contribution in [0.4, 0.5) is 0 Å². The third kappa shape index (κ3) is 16.0. The highest BCUT2D eigenvalue weighted by atomic mass is 32.2. The summed E-state index contributed by atoms with van der Waals surface area (Å²) in [5, 5.41) is 0. The summed E-state index contributed by atoms with van der Waals surface area (Å²) in [6.45, 7) is 5.96. The van der Waals surface area contributed by atoms with Gasteiger partial charge in [0.05, 0.1) is 60.5 Å². The van der Waals surface area contributed by atoms with E-state index >= 15 is 0 Å². The van der Waals surface area contributed by atoms with Gasteiger partial charge in [-0.15, -0.1) is 0 Å². The number of ether oxygens (including phenoxy) is 6. The number of rotatable bonds is 18. The van der Waals surface area contributed by atoms with E-state index in [2.05, 4.69) is 31.2 Å². The van der Waals surface area contributed by atoms with E-state index in [1.807, 2.05) is 62.4 Å². The van der Waals surface area contributed by atoms with Crippen LogP contribution in [-0.2, 0) is 39.3 Å². The number of aryl methyl sites for hydroxylation is 3. The van der Waals surface area contributed by atoms with Crippen LogP contribution in [-0.4, -0.2) is 55.0 Å². The maximum Gasteiger partial charge on any atom is 0.206 e. The normalized spacial score (nSPS) is 11.4. The Morgan fingerprint density at radius 2 is 0.322 bits per heavy atom. The van der Waals surface area contributed by atoms with Gasteiger partial charge in [0.25, 0.3) is 0 Å². The number of hydrogen-bond donors (Lipinski definition) is 0. The van der Waals surface area contributed by atoms with Crippen LogP contribution in [0.15, 0.2) is 306 Å². The quantitative estimate of drug-likeness (QED) is 0.0788. The second-order valence-corrected chi connectivity index (χ2v) is 28.0. The SMILES string of the molecule is COc1ccc(S(=O)(=O)c2ccc(Oc3ccc(-c4ccc(C)cc4)cc3)cc2)cc1.COc1ccc(S(=O)(=O)c2ccc(Oc3ccc(C)cc3)cc2)cc1.COc1ccc(S(=O)(=O)c2ccc(Oc3ccc(S(=O)(=O)c4ccc(C)cc4)cc3)cc2)cc1. The van der Waals surface area contributed by atoms with Crippen molar-refractivity contribution in [2.45, 2.75) is 59.9 Å². The third-order valence-electron chi connectivity index (χ3n) is 13.9. The minimum atomic E-state index is -3.68. The second kappa shape index (κ2) is 28.5. The van der Waals surface area contributed by atoms with E-state index in [1.54, 1.807) is 133 Å². The van der Waals surface area contributed by atoms with Crippen LogP contribution in [0.3, 0.4) is 0 Å². The summed E-state index contributed by atoms with van der Waals surface area (Å²) < 4.78 is 135. The molecule has 0 aliphatic rings. The van der Waals surface area contributed by atoms with Crippen LogP contribution in [0.5, 0.6) is 51.7 Å². The summed E-state index contributed by atoms with van der Waals surface area (Å²) in [7, 11) is -9.89. The first-order valence-electron chi connectivity index (χ1n) is 27.8. The smallest absolute Gasteiger partial charge is 0.206 e. The summed E-state index contributed by atoms with van der Waals surface area (Å²) in [6.07, 6.45) is 0. The predicted molar refractivity (Wildman–Crippen MR) is 346 cm³/mol. The molecule has 0 aliphatic carbocycles. The lowest BCUT2D eigenvalue weighted by atomic mass is 10.0. The molecule has 0 fully saturated rings. The molecule has 0 amide bonds. The fourth-order valence-corrected chi connectivity index (χ4v) is 13.8. The Kier molecular flexibility index (Phi) is 20.4. The van der Waals surface area contributed by atoms with Gasteiger partial charge in [-0.3, -0.25) is 0 Å². The van der Waals surface area contributed by atoms with Gasteiger partial charge < -0.3 is 28.4 Å². The maximum atomic E-state index is 12.8. The van der Waals surface area contributed by atoms with Gasteiger partial charge in [0.1, 0.15) is 51.7 Å². The first-order valence-corrected chi connectivity index (χ1v) is 33.7. The topological polar surface area (TPSA) is 192 Å². The van der Waals surface area contributed by atoms with E-state index in [0.29, 0.717) is 51.7 Å². The van der Waals surface area contributed by atoms with Crippen molar-refractivity contribution in [2.24, 2.45) is 0 Å². The molecule has 18 heteroatoms. The minimum absolute atomic E-state index is 0.129. The predicted octanol–water partition coefficient (Wildman–Crippen LogP) is 16.4. The van der Waals surface area contributed by atoms with E-state index in [1.165, 1.54) is 87.6 Å². The number of hydrogen-bond acceptors (Lipinski definition) is 14. The summed E-state index contributed by atoms with van der Waals surface area (Å²) in [6, 6.07) is 74.2. The zero-order valence-corrected chi connectivity index (χ0v) is 53.0. The van der Waals surface area contributed by atoms with E-state index < -0.39 is 39.3 Å². The molecule has 0 saturated carbocycles. The number of benzene rings is 11. The molecule has 0 atom stereocenters. The molecule has 90 heavy (non-hydrogen) atoms. The van der Waals surface area contributed by atoms with Crippen LogP contribution in [0, 0.1) is 20.8 Å². The second-order valence-electron chi connectivity index (χ2n) is 20.2. The fraction of sp³-hybridized carbons (Fsp3) is 0.0833. The molecule has 0 bridgehead atoms. The van der Waals surface area contributed by atoms with Crippen molar-refractivity contribution < 1.29 is 62.1 Å². The van der Waals surface area contributed by atoms with Crippen LogP contribution < -0.4 is 28.4 Å². The highest BCUT2D eigenvalue weighted by molar-refractivity contribution is 7.92. The summed E-state index contributed by atoms with van der Waals surface area (Å²) in [5.74, 6) is 5.17. The molecule has 14 nitrogen and oxygen atoms in total. The van der Waals surface area contributed by atoms with Gasteiger partial charge in [-0.25, -0.2) is 33.7 Å². The summed E-state index contributed by atoms with van der Waals surface area (Å²) in [5.41, 5.74) is 5.60. The Morgan fingerprint density at radius 1 is 0.189 bits per heavy atom. The zero-order chi connectivity index (χ0) is 64.1. The lowest BCUT2D eigenvalue weighted by molar-refractivity contribution is 0.414. The number of methoxy groups -OCH3 is 3. The Hall–Kier alpha value is -9.98. The minimum Gasteiger partial charge on any atom is -0.497 e.